The van der Waals surface area contributed by atoms with Gasteiger partial charge in [0.1, 0.15) is 5.82 Å². The van der Waals surface area contributed by atoms with Crippen molar-refractivity contribution in [3.63, 3.8) is 0 Å². The fraction of sp³-hybridized carbons (Fsp3) is 0.222. The van der Waals surface area contributed by atoms with Gasteiger partial charge in [0, 0.05) is 18.0 Å². The first-order valence-electron chi connectivity index (χ1n) is 4.57. The maximum absolute atomic E-state index is 5.34. The van der Waals surface area contributed by atoms with Crippen LogP contribution in [-0.2, 0) is 6.42 Å². The summed E-state index contributed by atoms with van der Waals surface area (Å²) >= 11 is 1.51. The highest BCUT2D eigenvalue weighted by Gasteiger charge is 2.06. The molecule has 0 saturated carbocycles. The van der Waals surface area contributed by atoms with Crippen LogP contribution in [0.15, 0.2) is 17.8 Å². The minimum absolute atomic E-state index is 0.630. The lowest BCUT2D eigenvalue weighted by atomic mass is 10.3. The summed E-state index contributed by atoms with van der Waals surface area (Å²) < 4.78 is 0. The van der Waals surface area contributed by atoms with E-state index < -0.39 is 0 Å². The molecule has 0 aliphatic carbocycles. The second kappa shape index (κ2) is 4.33. The van der Waals surface area contributed by atoms with Gasteiger partial charge >= 0.3 is 0 Å². The number of nitrogens with two attached hydrogens (primary N) is 1. The Labute approximate surface area is 91.4 Å². The Kier molecular flexibility index (Phi) is 2.89. The number of thiazole rings is 1. The van der Waals surface area contributed by atoms with E-state index in [2.05, 4.69) is 20.4 Å². The third-order valence-electron chi connectivity index (χ3n) is 1.94. The van der Waals surface area contributed by atoms with Crippen LogP contribution in [0, 0.1) is 0 Å². The summed E-state index contributed by atoms with van der Waals surface area (Å²) in [5.74, 6) is 6.64. The number of anilines is 1. The lowest BCUT2D eigenvalue weighted by Crippen LogP contribution is -2.10. The van der Waals surface area contributed by atoms with Gasteiger partial charge in [-0.3, -0.25) is 4.98 Å². The quantitative estimate of drug-likeness (QED) is 0.606. The van der Waals surface area contributed by atoms with E-state index in [0.29, 0.717) is 11.6 Å². The average molecular weight is 221 g/mol. The largest absolute Gasteiger partial charge is 0.308 e. The number of aryl methyl sites for hydroxylation is 1. The number of aromatic nitrogens is 3. The molecule has 0 spiro atoms. The number of hydrazine groups is 1. The van der Waals surface area contributed by atoms with Crippen LogP contribution in [0.3, 0.4) is 0 Å². The molecule has 78 valence electrons. The number of nitrogen functional groups attached to an aromatic ring is 1. The molecule has 0 aliphatic heterocycles. The number of rotatable bonds is 3. The molecule has 15 heavy (non-hydrogen) atoms. The molecule has 0 fully saturated rings. The molecule has 2 rings (SSSR count). The number of hydrogen-bond donors (Lipinski definition) is 2. The average Bonchev–Trinajstić information content (AvgIpc) is 2.81. The Balaban J connectivity index is 2.47. The van der Waals surface area contributed by atoms with Crippen LogP contribution in [0.5, 0.6) is 0 Å². The minimum Gasteiger partial charge on any atom is -0.308 e. The lowest BCUT2D eigenvalue weighted by molar-refractivity contribution is 1.00. The van der Waals surface area contributed by atoms with E-state index >= 15 is 0 Å². The van der Waals surface area contributed by atoms with Gasteiger partial charge in [0.2, 0.25) is 0 Å². The molecule has 0 radical (unpaired) electrons. The molecule has 2 aromatic heterocycles. The number of nitrogens with one attached hydrogen (secondary N) is 1. The molecular weight excluding hydrogens is 210 g/mol. The fourth-order valence-corrected chi connectivity index (χ4v) is 1.74. The second-order valence-corrected chi connectivity index (χ2v) is 3.82. The van der Waals surface area contributed by atoms with Gasteiger partial charge in [-0.15, -0.1) is 11.3 Å². The molecule has 3 N–H and O–H groups in total. The summed E-state index contributed by atoms with van der Waals surface area (Å²) in [6.45, 7) is 2.04. The van der Waals surface area contributed by atoms with Gasteiger partial charge in [0.15, 0.2) is 5.82 Å². The predicted molar refractivity (Wildman–Crippen MR) is 60.3 cm³/mol. The van der Waals surface area contributed by atoms with Crippen LogP contribution in [0.1, 0.15) is 12.6 Å². The van der Waals surface area contributed by atoms with Gasteiger partial charge < -0.3 is 5.43 Å². The fourth-order valence-electron chi connectivity index (χ4n) is 1.19. The molecule has 0 aromatic carbocycles. The van der Waals surface area contributed by atoms with Gasteiger partial charge in [-0.1, -0.05) is 6.92 Å². The van der Waals surface area contributed by atoms with Crippen molar-refractivity contribution < 1.29 is 0 Å². The highest BCUT2D eigenvalue weighted by molar-refractivity contribution is 7.13. The van der Waals surface area contributed by atoms with E-state index in [1.54, 1.807) is 11.7 Å². The molecule has 0 bridgehead atoms. The molecule has 0 atom stereocenters. The number of nitrogens with zero attached hydrogens (tertiary/aromatic N) is 3. The van der Waals surface area contributed by atoms with Crippen LogP contribution in [0.4, 0.5) is 5.82 Å². The Morgan fingerprint density at radius 3 is 2.93 bits per heavy atom. The van der Waals surface area contributed by atoms with Crippen molar-refractivity contribution in [2.24, 2.45) is 5.84 Å². The molecule has 2 aromatic rings. The summed E-state index contributed by atoms with van der Waals surface area (Å²) in [5, 5.41) is 0. The molecule has 0 aliphatic rings. The van der Waals surface area contributed by atoms with Crippen molar-refractivity contribution in [3.8, 4) is 10.7 Å². The first kappa shape index (κ1) is 10.0. The first-order valence-corrected chi connectivity index (χ1v) is 5.45. The van der Waals surface area contributed by atoms with E-state index in [9.17, 15) is 0 Å². The van der Waals surface area contributed by atoms with E-state index in [4.69, 9.17) is 5.84 Å². The molecule has 5 nitrogen and oxygen atoms in total. The predicted octanol–water partition coefficient (Wildman–Crippen LogP) is 1.45. The Hall–Kier alpha value is -1.53. The van der Waals surface area contributed by atoms with Gasteiger partial charge in [0.05, 0.1) is 10.4 Å². The minimum atomic E-state index is 0.630. The molecular formula is C9H11N5S. The number of hydrogen-bond acceptors (Lipinski definition) is 6. The zero-order valence-corrected chi connectivity index (χ0v) is 9.08. The Morgan fingerprint density at radius 1 is 1.47 bits per heavy atom. The van der Waals surface area contributed by atoms with Crippen molar-refractivity contribution >= 4 is 17.2 Å². The van der Waals surface area contributed by atoms with Gasteiger partial charge in [-0.2, -0.15) is 0 Å². The Bertz CT molecular complexity index is 418. The van der Waals surface area contributed by atoms with Crippen LogP contribution >= 0.6 is 11.3 Å². The van der Waals surface area contributed by atoms with E-state index in [1.165, 1.54) is 11.3 Å². The van der Waals surface area contributed by atoms with Crippen molar-refractivity contribution in [2.75, 3.05) is 5.43 Å². The SMILES string of the molecule is CCc1cc(NN)nc(-c2cncs2)n1. The zero-order valence-electron chi connectivity index (χ0n) is 8.27. The summed E-state index contributed by atoms with van der Waals surface area (Å²) in [5.41, 5.74) is 5.25. The van der Waals surface area contributed by atoms with Crippen molar-refractivity contribution in [3.05, 3.63) is 23.5 Å². The highest BCUT2D eigenvalue weighted by Crippen LogP contribution is 2.21. The van der Waals surface area contributed by atoms with Gasteiger partial charge in [-0.05, 0) is 6.42 Å². The standard InChI is InChI=1S/C9H11N5S/c1-2-6-3-8(14-10)13-9(12-6)7-4-11-5-15-7/h3-5H,2,10H2,1H3,(H,12,13,14). The first-order chi connectivity index (χ1) is 7.33. The molecule has 0 amide bonds. The smallest absolute Gasteiger partial charge is 0.173 e. The maximum Gasteiger partial charge on any atom is 0.173 e. The molecule has 0 saturated heterocycles. The Morgan fingerprint density at radius 2 is 2.33 bits per heavy atom. The molecule has 0 unspecified atom stereocenters. The zero-order chi connectivity index (χ0) is 10.7. The van der Waals surface area contributed by atoms with Crippen molar-refractivity contribution in [2.45, 2.75) is 13.3 Å². The topological polar surface area (TPSA) is 76.7 Å². The maximum atomic E-state index is 5.34. The van der Waals surface area contributed by atoms with Gasteiger partial charge in [-0.25, -0.2) is 15.8 Å². The molecule has 2 heterocycles. The van der Waals surface area contributed by atoms with Crippen molar-refractivity contribution in [1.82, 2.24) is 15.0 Å². The van der Waals surface area contributed by atoms with Gasteiger partial charge in [0.25, 0.3) is 0 Å². The summed E-state index contributed by atoms with van der Waals surface area (Å²) in [6, 6.07) is 1.84. The third-order valence-corrected chi connectivity index (χ3v) is 2.71. The highest BCUT2D eigenvalue weighted by atomic mass is 32.1. The second-order valence-electron chi connectivity index (χ2n) is 2.93. The van der Waals surface area contributed by atoms with E-state index in [1.807, 2.05) is 13.0 Å². The normalized spacial score (nSPS) is 10.3. The summed E-state index contributed by atoms with van der Waals surface area (Å²) in [4.78, 5) is 13.6. The summed E-state index contributed by atoms with van der Waals surface area (Å²) in [7, 11) is 0. The molecule has 6 heteroatoms. The van der Waals surface area contributed by atoms with E-state index in [0.717, 1.165) is 17.0 Å². The third kappa shape index (κ3) is 2.11. The van der Waals surface area contributed by atoms with Crippen molar-refractivity contribution in [1.29, 1.82) is 0 Å². The van der Waals surface area contributed by atoms with Crippen LogP contribution in [-0.4, -0.2) is 15.0 Å². The van der Waals surface area contributed by atoms with Crippen LogP contribution < -0.4 is 11.3 Å². The van der Waals surface area contributed by atoms with Crippen LogP contribution in [0.2, 0.25) is 0 Å². The van der Waals surface area contributed by atoms with E-state index in [-0.39, 0.29) is 0 Å². The monoisotopic (exact) mass is 221 g/mol. The lowest BCUT2D eigenvalue weighted by Gasteiger charge is -2.04. The van der Waals surface area contributed by atoms with Crippen LogP contribution in [0.25, 0.3) is 10.7 Å². The summed E-state index contributed by atoms with van der Waals surface area (Å²) in [6.07, 6.45) is 2.60.